The number of carbonyl (C=O) groups excluding carboxylic acids is 1. The Labute approximate surface area is 144 Å². The monoisotopic (exact) mass is 342 g/mol. The largest absolute Gasteiger partial charge is 0.362 e. The molecule has 0 fully saturated rings. The second-order valence-electron chi connectivity index (χ2n) is 5.38. The Bertz CT molecular complexity index is 806. The molecular formula is C16H18N6O3. The lowest BCUT2D eigenvalue weighted by molar-refractivity contribution is -0.384. The topological polar surface area (TPSA) is 122 Å². The van der Waals surface area contributed by atoms with Gasteiger partial charge in [-0.3, -0.25) is 14.9 Å². The number of aromatic nitrogens is 2. The normalized spacial score (nSPS) is 10.2. The van der Waals surface area contributed by atoms with Crippen LogP contribution in [0.15, 0.2) is 43.1 Å². The summed E-state index contributed by atoms with van der Waals surface area (Å²) >= 11 is 0. The van der Waals surface area contributed by atoms with Crippen molar-refractivity contribution in [1.82, 2.24) is 9.97 Å². The van der Waals surface area contributed by atoms with E-state index in [2.05, 4.69) is 32.5 Å². The number of carbonyl (C=O) groups is 1. The first-order chi connectivity index (χ1) is 11.9. The van der Waals surface area contributed by atoms with Crippen molar-refractivity contribution in [1.29, 1.82) is 0 Å². The highest BCUT2D eigenvalue weighted by molar-refractivity contribution is 5.99. The Morgan fingerprint density at radius 3 is 2.72 bits per heavy atom. The van der Waals surface area contributed by atoms with E-state index in [4.69, 9.17) is 0 Å². The fourth-order valence-electron chi connectivity index (χ4n) is 1.95. The molecule has 1 aromatic carbocycles. The highest BCUT2D eigenvalue weighted by Crippen LogP contribution is 2.25. The molecule has 2 rings (SSSR count). The Morgan fingerprint density at radius 2 is 2.08 bits per heavy atom. The van der Waals surface area contributed by atoms with E-state index in [0.29, 0.717) is 11.4 Å². The van der Waals surface area contributed by atoms with Crippen molar-refractivity contribution in [3.05, 3.63) is 53.2 Å². The molecule has 0 saturated heterocycles. The van der Waals surface area contributed by atoms with Crippen molar-refractivity contribution in [2.75, 3.05) is 16.0 Å². The number of nitrogens with zero attached hydrogens (tertiary/aromatic N) is 3. The average molecular weight is 342 g/mol. The third-order valence-corrected chi connectivity index (χ3v) is 2.96. The van der Waals surface area contributed by atoms with Gasteiger partial charge in [-0.05, 0) is 38.1 Å². The van der Waals surface area contributed by atoms with Crippen LogP contribution in [0.5, 0.6) is 0 Å². The standard InChI is InChI=1S/C16H18N6O3/c1-4-14(23)19-11-6-5-7-12(8-11)20-16-17-9-13(22(24)25)15(21-16)18-10(2)3/h4-10H,1H2,2-3H3,(H,19,23)(H2,17,18,20,21). The summed E-state index contributed by atoms with van der Waals surface area (Å²) in [6.07, 6.45) is 2.31. The van der Waals surface area contributed by atoms with Crippen molar-refractivity contribution in [2.45, 2.75) is 19.9 Å². The van der Waals surface area contributed by atoms with Crippen LogP contribution < -0.4 is 16.0 Å². The van der Waals surface area contributed by atoms with Crippen LogP contribution in [0.4, 0.5) is 28.8 Å². The quantitative estimate of drug-likeness (QED) is 0.401. The van der Waals surface area contributed by atoms with Crippen LogP contribution in [-0.2, 0) is 4.79 Å². The van der Waals surface area contributed by atoms with Crippen molar-refractivity contribution >= 4 is 34.7 Å². The molecule has 9 nitrogen and oxygen atoms in total. The highest BCUT2D eigenvalue weighted by Gasteiger charge is 2.18. The third-order valence-electron chi connectivity index (χ3n) is 2.96. The van der Waals surface area contributed by atoms with Crippen molar-refractivity contribution in [3.63, 3.8) is 0 Å². The van der Waals surface area contributed by atoms with Crippen LogP contribution in [0.2, 0.25) is 0 Å². The zero-order chi connectivity index (χ0) is 18.4. The summed E-state index contributed by atoms with van der Waals surface area (Å²) in [4.78, 5) is 30.0. The zero-order valence-corrected chi connectivity index (χ0v) is 13.8. The molecular weight excluding hydrogens is 324 g/mol. The van der Waals surface area contributed by atoms with E-state index in [1.807, 2.05) is 13.8 Å². The van der Waals surface area contributed by atoms with Crippen LogP contribution >= 0.6 is 0 Å². The first kappa shape index (κ1) is 17.9. The fourth-order valence-corrected chi connectivity index (χ4v) is 1.95. The lowest BCUT2D eigenvalue weighted by Crippen LogP contribution is -2.14. The van der Waals surface area contributed by atoms with Crippen LogP contribution in [-0.4, -0.2) is 26.8 Å². The van der Waals surface area contributed by atoms with E-state index < -0.39 is 4.92 Å². The van der Waals surface area contributed by atoms with Gasteiger partial charge in [0, 0.05) is 17.4 Å². The van der Waals surface area contributed by atoms with Crippen LogP contribution in [0.1, 0.15) is 13.8 Å². The number of anilines is 4. The van der Waals surface area contributed by atoms with Gasteiger partial charge in [0.2, 0.25) is 17.7 Å². The number of nitro groups is 1. The smallest absolute Gasteiger partial charge is 0.329 e. The van der Waals surface area contributed by atoms with E-state index in [1.54, 1.807) is 24.3 Å². The highest BCUT2D eigenvalue weighted by atomic mass is 16.6. The SMILES string of the molecule is C=CC(=O)Nc1cccc(Nc2ncc([N+](=O)[O-])c(NC(C)C)n2)c1. The molecule has 0 bridgehead atoms. The Kier molecular flexibility index (Phi) is 5.62. The summed E-state index contributed by atoms with van der Waals surface area (Å²) in [6.45, 7) is 7.10. The maximum atomic E-state index is 11.4. The molecule has 1 aromatic heterocycles. The minimum Gasteiger partial charge on any atom is -0.362 e. The summed E-state index contributed by atoms with van der Waals surface area (Å²) < 4.78 is 0. The zero-order valence-electron chi connectivity index (χ0n) is 13.8. The lowest BCUT2D eigenvalue weighted by atomic mass is 10.2. The molecule has 0 unspecified atom stereocenters. The van der Waals surface area contributed by atoms with Gasteiger partial charge in [-0.25, -0.2) is 4.98 Å². The first-order valence-electron chi connectivity index (χ1n) is 7.47. The molecule has 3 N–H and O–H groups in total. The van der Waals surface area contributed by atoms with Crippen molar-refractivity contribution < 1.29 is 9.72 Å². The molecule has 130 valence electrons. The summed E-state index contributed by atoms with van der Waals surface area (Å²) in [5.41, 5.74) is 0.981. The van der Waals surface area contributed by atoms with Crippen LogP contribution in [0, 0.1) is 10.1 Å². The van der Waals surface area contributed by atoms with Gasteiger partial charge in [0.05, 0.1) is 4.92 Å². The number of rotatable bonds is 7. The molecule has 1 heterocycles. The molecule has 0 aliphatic rings. The molecule has 0 spiro atoms. The van der Waals surface area contributed by atoms with E-state index in [-0.39, 0.29) is 29.4 Å². The predicted octanol–water partition coefficient (Wildman–Crippen LogP) is 3.07. The number of nitrogens with one attached hydrogen (secondary N) is 3. The van der Waals surface area contributed by atoms with Gasteiger partial charge < -0.3 is 16.0 Å². The third kappa shape index (κ3) is 4.99. The second kappa shape index (κ2) is 7.86. The minimum atomic E-state index is -0.542. The average Bonchev–Trinajstić information content (AvgIpc) is 2.54. The summed E-state index contributed by atoms with van der Waals surface area (Å²) in [7, 11) is 0. The molecule has 0 aliphatic carbocycles. The predicted molar refractivity (Wildman–Crippen MR) is 96.0 cm³/mol. The number of benzene rings is 1. The van der Waals surface area contributed by atoms with E-state index >= 15 is 0 Å². The summed E-state index contributed by atoms with van der Waals surface area (Å²) in [5, 5.41) is 19.6. The Hall–Kier alpha value is -3.49. The second-order valence-corrected chi connectivity index (χ2v) is 5.38. The Balaban J connectivity index is 2.25. The van der Waals surface area contributed by atoms with Gasteiger partial charge in [0.1, 0.15) is 6.20 Å². The Morgan fingerprint density at radius 1 is 1.36 bits per heavy atom. The van der Waals surface area contributed by atoms with Gasteiger partial charge in [-0.2, -0.15) is 4.98 Å². The molecule has 0 atom stereocenters. The summed E-state index contributed by atoms with van der Waals surface area (Å²) in [6, 6.07) is 6.86. The first-order valence-corrected chi connectivity index (χ1v) is 7.47. The molecule has 0 radical (unpaired) electrons. The van der Waals surface area contributed by atoms with Gasteiger partial charge in [0.25, 0.3) is 0 Å². The van der Waals surface area contributed by atoms with Crippen molar-refractivity contribution in [2.24, 2.45) is 0 Å². The molecule has 2 aromatic rings. The van der Waals surface area contributed by atoms with Gasteiger partial charge >= 0.3 is 5.69 Å². The van der Waals surface area contributed by atoms with E-state index in [9.17, 15) is 14.9 Å². The molecule has 1 amide bonds. The van der Waals surface area contributed by atoms with Crippen molar-refractivity contribution in [3.8, 4) is 0 Å². The fraction of sp³-hybridized carbons (Fsp3) is 0.188. The van der Waals surface area contributed by atoms with E-state index in [0.717, 1.165) is 6.20 Å². The number of hydrogen-bond donors (Lipinski definition) is 3. The van der Waals surface area contributed by atoms with E-state index in [1.165, 1.54) is 6.08 Å². The maximum Gasteiger partial charge on any atom is 0.329 e. The number of amides is 1. The number of hydrogen-bond acceptors (Lipinski definition) is 7. The van der Waals surface area contributed by atoms with Crippen LogP contribution in [0.25, 0.3) is 0 Å². The van der Waals surface area contributed by atoms with Crippen LogP contribution in [0.3, 0.4) is 0 Å². The van der Waals surface area contributed by atoms with Gasteiger partial charge in [-0.15, -0.1) is 0 Å². The minimum absolute atomic E-state index is 0.0288. The van der Waals surface area contributed by atoms with Gasteiger partial charge in [0.15, 0.2) is 0 Å². The molecule has 25 heavy (non-hydrogen) atoms. The maximum absolute atomic E-state index is 11.4. The summed E-state index contributed by atoms with van der Waals surface area (Å²) in [5.74, 6) is 0.00159. The molecule has 0 saturated carbocycles. The molecule has 9 heteroatoms. The molecule has 0 aliphatic heterocycles. The van der Waals surface area contributed by atoms with Gasteiger partial charge in [-0.1, -0.05) is 12.6 Å². The lowest BCUT2D eigenvalue weighted by Gasteiger charge is -2.11.